The zero-order valence-electron chi connectivity index (χ0n) is 11.6. The van der Waals surface area contributed by atoms with Gasteiger partial charge in [-0.1, -0.05) is 0 Å². The van der Waals surface area contributed by atoms with Crippen LogP contribution in [0.25, 0.3) is 0 Å². The lowest BCUT2D eigenvalue weighted by atomic mass is 10.1. The molecule has 0 aliphatic carbocycles. The molecule has 1 aliphatic rings. The topological polar surface area (TPSA) is 70.2 Å². The molecule has 3 N–H and O–H groups in total. The van der Waals surface area contributed by atoms with Crippen molar-refractivity contribution in [3.8, 4) is 0 Å². The minimum atomic E-state index is -0.181. The molecule has 1 heterocycles. The highest BCUT2D eigenvalue weighted by Gasteiger charge is 2.17. The summed E-state index contributed by atoms with van der Waals surface area (Å²) in [6.07, 6.45) is 2.95. The average molecular weight is 255 g/mol. The molecule has 0 radical (unpaired) electrons. The minimum absolute atomic E-state index is 0.0491. The molecule has 0 aromatic carbocycles. The van der Waals surface area contributed by atoms with Crippen LogP contribution >= 0.6 is 0 Å². The number of carbonyl (C=O) groups excluding carboxylic acids is 2. The number of amides is 2. The van der Waals surface area contributed by atoms with Crippen LogP contribution in [-0.2, 0) is 9.59 Å². The van der Waals surface area contributed by atoms with Crippen LogP contribution in [0.4, 0.5) is 0 Å². The maximum absolute atomic E-state index is 11.6. The number of rotatable bonds is 4. The van der Waals surface area contributed by atoms with Crippen molar-refractivity contribution in [2.45, 2.75) is 58.0 Å². The Hall–Kier alpha value is -1.10. The molecule has 18 heavy (non-hydrogen) atoms. The lowest BCUT2D eigenvalue weighted by molar-refractivity contribution is -0.122. The van der Waals surface area contributed by atoms with Crippen LogP contribution in [-0.4, -0.2) is 36.5 Å². The number of nitrogens with one attached hydrogen (secondary N) is 3. The van der Waals surface area contributed by atoms with Gasteiger partial charge in [-0.2, -0.15) is 0 Å². The third-order valence-electron chi connectivity index (χ3n) is 2.78. The van der Waals surface area contributed by atoms with E-state index in [2.05, 4.69) is 16.0 Å². The van der Waals surface area contributed by atoms with Gasteiger partial charge in [0, 0.05) is 37.5 Å². The quantitative estimate of drug-likeness (QED) is 0.687. The fourth-order valence-corrected chi connectivity index (χ4v) is 2.02. The van der Waals surface area contributed by atoms with Crippen molar-refractivity contribution in [2.75, 3.05) is 13.1 Å². The van der Waals surface area contributed by atoms with Gasteiger partial charge >= 0.3 is 0 Å². The average Bonchev–Trinajstić information content (AvgIpc) is 2.40. The van der Waals surface area contributed by atoms with E-state index in [1.807, 2.05) is 20.8 Å². The normalized spacial score (nSPS) is 21.1. The van der Waals surface area contributed by atoms with Crippen LogP contribution in [0.15, 0.2) is 0 Å². The van der Waals surface area contributed by atoms with Gasteiger partial charge in [0.2, 0.25) is 11.8 Å². The molecular formula is C13H25N3O2. The molecule has 1 saturated heterocycles. The second kappa shape index (κ2) is 6.73. The van der Waals surface area contributed by atoms with E-state index >= 15 is 0 Å². The molecule has 0 aromatic heterocycles. The van der Waals surface area contributed by atoms with Crippen LogP contribution < -0.4 is 16.0 Å². The minimum Gasteiger partial charge on any atom is -0.356 e. The van der Waals surface area contributed by atoms with Gasteiger partial charge in [-0.05, 0) is 33.6 Å². The maximum Gasteiger partial charge on any atom is 0.221 e. The second-order valence-electron chi connectivity index (χ2n) is 5.90. The first-order valence-electron chi connectivity index (χ1n) is 6.68. The highest BCUT2D eigenvalue weighted by molar-refractivity contribution is 5.77. The van der Waals surface area contributed by atoms with Crippen molar-refractivity contribution in [1.29, 1.82) is 0 Å². The smallest absolute Gasteiger partial charge is 0.221 e. The van der Waals surface area contributed by atoms with Gasteiger partial charge in [0.15, 0.2) is 0 Å². The summed E-state index contributed by atoms with van der Waals surface area (Å²) in [4.78, 5) is 22.9. The van der Waals surface area contributed by atoms with Crippen LogP contribution in [0.1, 0.15) is 46.5 Å². The molecule has 1 aliphatic heterocycles. The molecule has 1 rings (SSSR count). The van der Waals surface area contributed by atoms with Crippen LogP contribution in [0.5, 0.6) is 0 Å². The van der Waals surface area contributed by atoms with Gasteiger partial charge in [-0.25, -0.2) is 0 Å². The van der Waals surface area contributed by atoms with Gasteiger partial charge in [0.05, 0.1) is 0 Å². The van der Waals surface area contributed by atoms with Gasteiger partial charge in [-0.15, -0.1) is 0 Å². The van der Waals surface area contributed by atoms with E-state index in [0.29, 0.717) is 19.4 Å². The Kier molecular flexibility index (Phi) is 5.59. The Morgan fingerprint density at radius 3 is 2.83 bits per heavy atom. The van der Waals surface area contributed by atoms with Crippen molar-refractivity contribution in [2.24, 2.45) is 0 Å². The third kappa shape index (κ3) is 6.59. The number of carbonyl (C=O) groups is 2. The van der Waals surface area contributed by atoms with Gasteiger partial charge in [-0.3, -0.25) is 9.59 Å². The van der Waals surface area contributed by atoms with E-state index in [0.717, 1.165) is 19.4 Å². The molecule has 1 atom stereocenters. The number of hydrogen-bond acceptors (Lipinski definition) is 3. The first-order chi connectivity index (χ1) is 8.37. The van der Waals surface area contributed by atoms with Crippen LogP contribution in [0, 0.1) is 0 Å². The van der Waals surface area contributed by atoms with E-state index in [1.54, 1.807) is 0 Å². The molecule has 0 aromatic rings. The van der Waals surface area contributed by atoms with Crippen molar-refractivity contribution < 1.29 is 9.59 Å². The van der Waals surface area contributed by atoms with E-state index in [-0.39, 0.29) is 23.4 Å². The summed E-state index contributed by atoms with van der Waals surface area (Å²) in [5.41, 5.74) is -0.181. The summed E-state index contributed by atoms with van der Waals surface area (Å²) < 4.78 is 0. The summed E-state index contributed by atoms with van der Waals surface area (Å²) in [7, 11) is 0. The Bertz CT molecular complexity index is 297. The zero-order chi connectivity index (χ0) is 13.6. The molecule has 104 valence electrons. The molecule has 0 spiro atoms. The Morgan fingerprint density at radius 1 is 1.44 bits per heavy atom. The molecule has 2 amide bonds. The van der Waals surface area contributed by atoms with Crippen molar-refractivity contribution >= 4 is 11.8 Å². The number of hydrogen-bond donors (Lipinski definition) is 3. The fraction of sp³-hybridized carbons (Fsp3) is 0.846. The van der Waals surface area contributed by atoms with Crippen LogP contribution in [0.2, 0.25) is 0 Å². The van der Waals surface area contributed by atoms with Crippen molar-refractivity contribution in [3.05, 3.63) is 0 Å². The Balaban J connectivity index is 2.20. The highest BCUT2D eigenvalue weighted by atomic mass is 16.2. The standard InChI is InChI=1S/C13H25N3O2/c1-13(2,3)16-11(17)6-8-14-10-5-4-7-15-12(18)9-10/h10,14H,4-9H2,1-3H3,(H,15,18)(H,16,17). The maximum atomic E-state index is 11.6. The molecule has 1 fully saturated rings. The molecule has 0 bridgehead atoms. The van der Waals surface area contributed by atoms with Crippen molar-refractivity contribution in [1.82, 2.24) is 16.0 Å². The predicted octanol–water partition coefficient (Wildman–Crippen LogP) is 0.550. The lowest BCUT2D eigenvalue weighted by Crippen LogP contribution is -2.42. The van der Waals surface area contributed by atoms with E-state index in [4.69, 9.17) is 0 Å². The van der Waals surface area contributed by atoms with Gasteiger partial charge in [0.1, 0.15) is 0 Å². The molecule has 5 heteroatoms. The van der Waals surface area contributed by atoms with E-state index in [9.17, 15) is 9.59 Å². The third-order valence-corrected chi connectivity index (χ3v) is 2.78. The van der Waals surface area contributed by atoms with Gasteiger partial charge < -0.3 is 16.0 Å². The first kappa shape index (κ1) is 15.0. The van der Waals surface area contributed by atoms with E-state index < -0.39 is 0 Å². The zero-order valence-corrected chi connectivity index (χ0v) is 11.6. The predicted molar refractivity (Wildman–Crippen MR) is 71.2 cm³/mol. The SMILES string of the molecule is CC(C)(C)NC(=O)CCNC1CCCNC(=O)C1. The second-order valence-corrected chi connectivity index (χ2v) is 5.90. The highest BCUT2D eigenvalue weighted by Crippen LogP contribution is 2.06. The summed E-state index contributed by atoms with van der Waals surface area (Å²) in [5, 5.41) is 9.05. The molecule has 1 unspecified atom stereocenters. The molecule has 0 saturated carbocycles. The largest absolute Gasteiger partial charge is 0.356 e. The molecule has 5 nitrogen and oxygen atoms in total. The lowest BCUT2D eigenvalue weighted by Gasteiger charge is -2.21. The van der Waals surface area contributed by atoms with Crippen LogP contribution in [0.3, 0.4) is 0 Å². The van der Waals surface area contributed by atoms with Crippen molar-refractivity contribution in [3.63, 3.8) is 0 Å². The van der Waals surface area contributed by atoms with E-state index in [1.165, 1.54) is 0 Å². The monoisotopic (exact) mass is 255 g/mol. The summed E-state index contributed by atoms with van der Waals surface area (Å²) in [6, 6.07) is 0.204. The summed E-state index contributed by atoms with van der Waals surface area (Å²) in [5.74, 6) is 0.150. The Morgan fingerprint density at radius 2 is 2.17 bits per heavy atom. The Labute approximate surface area is 109 Å². The summed E-state index contributed by atoms with van der Waals surface area (Å²) in [6.45, 7) is 7.29. The molecular weight excluding hydrogens is 230 g/mol. The summed E-state index contributed by atoms with van der Waals surface area (Å²) >= 11 is 0. The van der Waals surface area contributed by atoms with Gasteiger partial charge in [0.25, 0.3) is 0 Å². The fourth-order valence-electron chi connectivity index (χ4n) is 2.02. The first-order valence-corrected chi connectivity index (χ1v) is 6.68.